The molecule has 140 valence electrons. The Morgan fingerprint density at radius 2 is 1.93 bits per heavy atom. The number of Topliss-reactive ketones (excluding diaryl/α,β-unsaturated/α-hetero) is 1. The zero-order chi connectivity index (χ0) is 19.7. The molecule has 6 heteroatoms. The van der Waals surface area contributed by atoms with Crippen molar-refractivity contribution in [2.45, 2.75) is 45.3 Å². The molecule has 0 amide bonds. The summed E-state index contributed by atoms with van der Waals surface area (Å²) in [4.78, 5) is 35.6. The first kappa shape index (κ1) is 18.8. The average Bonchev–Trinajstić information content (AvgIpc) is 2.93. The van der Waals surface area contributed by atoms with E-state index in [-0.39, 0.29) is 5.78 Å². The summed E-state index contributed by atoms with van der Waals surface area (Å²) in [5, 5.41) is 11.0. The van der Waals surface area contributed by atoms with Gasteiger partial charge in [0, 0.05) is 23.0 Å². The van der Waals surface area contributed by atoms with Crippen molar-refractivity contribution in [3.8, 4) is 0 Å². The maximum absolute atomic E-state index is 13.1. The Bertz CT molecular complexity index is 921. The summed E-state index contributed by atoms with van der Waals surface area (Å²) in [5.74, 6) is -1.76. The van der Waals surface area contributed by atoms with Crippen LogP contribution in [0.4, 0.5) is 0 Å². The number of ketones is 1. The SMILES string of the molecule is CCc1cc(C)ccc1C1C(=O)c2ccccc2C1OC(=O)C(C)[N+](=O)[O-]. The maximum atomic E-state index is 13.1. The predicted molar refractivity (Wildman–Crippen MR) is 99.4 cm³/mol. The molecule has 1 aliphatic carbocycles. The first-order valence-electron chi connectivity index (χ1n) is 8.91. The first-order valence-corrected chi connectivity index (χ1v) is 8.91. The van der Waals surface area contributed by atoms with Gasteiger partial charge < -0.3 is 4.74 Å². The zero-order valence-electron chi connectivity index (χ0n) is 15.5. The lowest BCUT2D eigenvalue weighted by molar-refractivity contribution is -0.506. The van der Waals surface area contributed by atoms with Crippen LogP contribution in [0.25, 0.3) is 0 Å². The molecule has 0 bridgehead atoms. The lowest BCUT2D eigenvalue weighted by atomic mass is 9.87. The van der Waals surface area contributed by atoms with E-state index in [1.165, 1.54) is 6.92 Å². The fraction of sp³-hybridized carbons (Fsp3) is 0.333. The summed E-state index contributed by atoms with van der Waals surface area (Å²) >= 11 is 0. The molecule has 0 saturated heterocycles. The molecule has 0 aromatic heterocycles. The van der Waals surface area contributed by atoms with Crippen LogP contribution in [-0.2, 0) is 16.0 Å². The molecule has 3 atom stereocenters. The second-order valence-corrected chi connectivity index (χ2v) is 6.80. The molecule has 27 heavy (non-hydrogen) atoms. The lowest BCUT2D eigenvalue weighted by Crippen LogP contribution is -2.30. The fourth-order valence-corrected chi connectivity index (χ4v) is 3.54. The molecule has 1 aliphatic rings. The first-order chi connectivity index (χ1) is 12.8. The van der Waals surface area contributed by atoms with Gasteiger partial charge in [-0.1, -0.05) is 55.0 Å². The Morgan fingerprint density at radius 1 is 1.22 bits per heavy atom. The van der Waals surface area contributed by atoms with Gasteiger partial charge in [-0.15, -0.1) is 0 Å². The molecule has 2 aromatic carbocycles. The molecule has 0 aliphatic heterocycles. The third-order valence-electron chi connectivity index (χ3n) is 5.03. The van der Waals surface area contributed by atoms with Gasteiger partial charge in [-0.25, -0.2) is 4.79 Å². The van der Waals surface area contributed by atoms with Crippen LogP contribution in [0.1, 0.15) is 58.5 Å². The van der Waals surface area contributed by atoms with Gasteiger partial charge in [-0.05, 0) is 24.5 Å². The van der Waals surface area contributed by atoms with E-state index in [9.17, 15) is 19.7 Å². The number of fused-ring (bicyclic) bond motifs is 1. The van der Waals surface area contributed by atoms with E-state index in [4.69, 9.17) is 4.74 Å². The van der Waals surface area contributed by atoms with E-state index < -0.39 is 29.0 Å². The van der Waals surface area contributed by atoms with Crippen LogP contribution in [0.15, 0.2) is 42.5 Å². The molecule has 0 fully saturated rings. The van der Waals surface area contributed by atoms with E-state index in [1.807, 2.05) is 32.0 Å². The smallest absolute Gasteiger partial charge is 0.381 e. The van der Waals surface area contributed by atoms with Crippen molar-refractivity contribution in [1.29, 1.82) is 0 Å². The van der Waals surface area contributed by atoms with Gasteiger partial charge in [-0.2, -0.15) is 0 Å². The number of hydrogen-bond acceptors (Lipinski definition) is 5. The molecule has 0 radical (unpaired) electrons. The van der Waals surface area contributed by atoms with Crippen LogP contribution in [0.5, 0.6) is 0 Å². The molecule has 3 unspecified atom stereocenters. The van der Waals surface area contributed by atoms with Gasteiger partial charge in [0.15, 0.2) is 5.78 Å². The van der Waals surface area contributed by atoms with Crippen molar-refractivity contribution in [3.63, 3.8) is 0 Å². The molecule has 0 heterocycles. The minimum Gasteiger partial charge on any atom is -0.451 e. The number of nitro groups is 1. The van der Waals surface area contributed by atoms with Gasteiger partial charge in [-0.3, -0.25) is 14.9 Å². The van der Waals surface area contributed by atoms with Crippen LogP contribution in [-0.4, -0.2) is 22.7 Å². The number of benzene rings is 2. The average molecular weight is 367 g/mol. The van der Waals surface area contributed by atoms with E-state index in [1.54, 1.807) is 24.3 Å². The third kappa shape index (κ3) is 3.35. The topological polar surface area (TPSA) is 86.5 Å². The molecule has 6 nitrogen and oxygen atoms in total. The standard InChI is InChI=1S/C21H21NO5/c1-4-14-11-12(2)9-10-15(14)18-19(23)16-7-5-6-8-17(16)20(18)27-21(24)13(3)22(25)26/h5-11,13,18,20H,4H2,1-3H3. The van der Waals surface area contributed by atoms with Crippen LogP contribution in [0.2, 0.25) is 0 Å². The third-order valence-corrected chi connectivity index (χ3v) is 5.03. The van der Waals surface area contributed by atoms with E-state index in [2.05, 4.69) is 0 Å². The van der Waals surface area contributed by atoms with Gasteiger partial charge in [0.1, 0.15) is 6.10 Å². The van der Waals surface area contributed by atoms with E-state index >= 15 is 0 Å². The Hall–Kier alpha value is -3.02. The molecular weight excluding hydrogens is 346 g/mol. The monoisotopic (exact) mass is 367 g/mol. The van der Waals surface area contributed by atoms with Gasteiger partial charge in [0.25, 0.3) is 0 Å². The summed E-state index contributed by atoms with van der Waals surface area (Å²) in [7, 11) is 0. The number of ether oxygens (including phenoxy) is 1. The second kappa shape index (κ2) is 7.31. The summed E-state index contributed by atoms with van der Waals surface area (Å²) in [6.07, 6.45) is -0.139. The number of aryl methyl sites for hydroxylation is 2. The highest BCUT2D eigenvalue weighted by molar-refractivity contribution is 6.06. The largest absolute Gasteiger partial charge is 0.451 e. The molecule has 0 spiro atoms. The minimum atomic E-state index is -1.49. The Balaban J connectivity index is 2.07. The Morgan fingerprint density at radius 3 is 2.59 bits per heavy atom. The van der Waals surface area contributed by atoms with E-state index in [0.717, 1.165) is 23.1 Å². The van der Waals surface area contributed by atoms with Crippen molar-refractivity contribution >= 4 is 11.8 Å². The molecular formula is C21H21NO5. The summed E-state index contributed by atoms with van der Waals surface area (Å²) in [6.45, 7) is 5.16. The van der Waals surface area contributed by atoms with Crippen LogP contribution in [0, 0.1) is 17.0 Å². The second-order valence-electron chi connectivity index (χ2n) is 6.80. The quantitative estimate of drug-likeness (QED) is 0.456. The number of esters is 1. The number of nitrogens with zero attached hydrogens (tertiary/aromatic N) is 1. The Labute approximate surface area is 157 Å². The minimum absolute atomic E-state index is 0.129. The summed E-state index contributed by atoms with van der Waals surface area (Å²) in [5.41, 5.74) is 3.98. The molecule has 0 saturated carbocycles. The maximum Gasteiger partial charge on any atom is 0.381 e. The van der Waals surface area contributed by atoms with Crippen molar-refractivity contribution in [1.82, 2.24) is 0 Å². The van der Waals surface area contributed by atoms with Crippen LogP contribution >= 0.6 is 0 Å². The number of carbonyl (C=O) groups is 2. The number of rotatable bonds is 5. The zero-order valence-corrected chi connectivity index (χ0v) is 15.5. The highest BCUT2D eigenvalue weighted by atomic mass is 16.6. The highest BCUT2D eigenvalue weighted by Gasteiger charge is 2.45. The summed E-state index contributed by atoms with van der Waals surface area (Å²) in [6, 6.07) is 11.3. The summed E-state index contributed by atoms with van der Waals surface area (Å²) < 4.78 is 5.53. The molecule has 2 aromatic rings. The van der Waals surface area contributed by atoms with Gasteiger partial charge >= 0.3 is 12.0 Å². The van der Waals surface area contributed by atoms with Gasteiger partial charge in [0.2, 0.25) is 0 Å². The predicted octanol–water partition coefficient (Wildman–Crippen LogP) is 3.79. The van der Waals surface area contributed by atoms with Crippen LogP contribution in [0.3, 0.4) is 0 Å². The molecule has 0 N–H and O–H groups in total. The lowest BCUT2D eigenvalue weighted by Gasteiger charge is -2.22. The van der Waals surface area contributed by atoms with Crippen molar-refractivity contribution in [2.24, 2.45) is 0 Å². The van der Waals surface area contributed by atoms with Crippen molar-refractivity contribution in [3.05, 3.63) is 80.4 Å². The number of carbonyl (C=O) groups excluding carboxylic acids is 2. The fourth-order valence-electron chi connectivity index (χ4n) is 3.54. The van der Waals surface area contributed by atoms with Gasteiger partial charge in [0.05, 0.1) is 5.92 Å². The Kier molecular flexibility index (Phi) is 5.08. The number of hydrogen-bond donors (Lipinski definition) is 0. The highest BCUT2D eigenvalue weighted by Crippen LogP contribution is 2.46. The van der Waals surface area contributed by atoms with Crippen LogP contribution < -0.4 is 0 Å². The normalized spacial score (nSPS) is 19.4. The van der Waals surface area contributed by atoms with E-state index in [0.29, 0.717) is 11.1 Å². The van der Waals surface area contributed by atoms with Crippen molar-refractivity contribution < 1.29 is 19.2 Å². The molecule has 3 rings (SSSR count). The van der Waals surface area contributed by atoms with Crippen molar-refractivity contribution in [2.75, 3.05) is 0 Å².